The van der Waals surface area contributed by atoms with Crippen LogP contribution in [0.25, 0.3) is 0 Å². The molecule has 0 fully saturated rings. The number of para-hydroxylation sites is 1. The van der Waals surface area contributed by atoms with E-state index < -0.39 is 0 Å². The molecule has 1 N–H and O–H groups in total. The Balaban J connectivity index is 1.84. The standard InChI is InChI=1S/C20H26N2O2S/c1-15-8-5-6-10-17(15)21-20(25)22(2)13-7-9-16-11-12-18(23-3)19(14-16)24-4/h5-6,8,10-12,14H,7,9,13H2,1-4H3,(H,21,25). The van der Waals surface area contributed by atoms with Gasteiger partial charge < -0.3 is 19.7 Å². The van der Waals surface area contributed by atoms with Gasteiger partial charge in [0, 0.05) is 19.3 Å². The van der Waals surface area contributed by atoms with Crippen molar-refractivity contribution in [3.05, 3.63) is 53.6 Å². The van der Waals surface area contributed by atoms with Gasteiger partial charge in [0.25, 0.3) is 0 Å². The second-order valence-corrected chi connectivity index (χ2v) is 6.35. The third-order valence-corrected chi connectivity index (χ3v) is 4.55. The summed E-state index contributed by atoms with van der Waals surface area (Å²) in [5.41, 5.74) is 3.46. The predicted molar refractivity (Wildman–Crippen MR) is 108 cm³/mol. The highest BCUT2D eigenvalue weighted by atomic mass is 32.1. The minimum absolute atomic E-state index is 0.738. The number of methoxy groups -OCH3 is 2. The summed E-state index contributed by atoms with van der Waals surface area (Å²) in [6, 6.07) is 14.2. The van der Waals surface area contributed by atoms with Gasteiger partial charge in [0.15, 0.2) is 16.6 Å². The Labute approximate surface area is 155 Å². The van der Waals surface area contributed by atoms with Gasteiger partial charge in [-0.15, -0.1) is 0 Å². The molecule has 2 aromatic carbocycles. The van der Waals surface area contributed by atoms with Gasteiger partial charge in [0.2, 0.25) is 0 Å². The highest BCUT2D eigenvalue weighted by Gasteiger charge is 2.08. The molecule has 0 spiro atoms. The van der Waals surface area contributed by atoms with Gasteiger partial charge in [-0.05, 0) is 61.3 Å². The number of ether oxygens (including phenoxy) is 2. The maximum atomic E-state index is 5.50. The molecule has 0 aliphatic heterocycles. The first-order valence-electron chi connectivity index (χ1n) is 8.33. The highest BCUT2D eigenvalue weighted by Crippen LogP contribution is 2.28. The van der Waals surface area contributed by atoms with Gasteiger partial charge in [0.05, 0.1) is 14.2 Å². The molecule has 134 valence electrons. The van der Waals surface area contributed by atoms with Gasteiger partial charge in [-0.2, -0.15) is 0 Å². The number of hydrogen-bond donors (Lipinski definition) is 1. The molecule has 0 aliphatic carbocycles. The minimum atomic E-state index is 0.738. The van der Waals surface area contributed by atoms with E-state index in [-0.39, 0.29) is 0 Å². The SMILES string of the molecule is COc1ccc(CCCN(C)C(=S)Nc2ccccc2C)cc1OC. The summed E-state index contributed by atoms with van der Waals surface area (Å²) in [4.78, 5) is 2.07. The quantitative estimate of drug-likeness (QED) is 0.748. The molecule has 0 aromatic heterocycles. The molecular formula is C20H26N2O2S. The molecule has 0 unspecified atom stereocenters. The van der Waals surface area contributed by atoms with Crippen molar-refractivity contribution in [3.8, 4) is 11.5 Å². The van der Waals surface area contributed by atoms with Crippen LogP contribution < -0.4 is 14.8 Å². The largest absolute Gasteiger partial charge is 0.493 e. The van der Waals surface area contributed by atoms with Crippen LogP contribution in [-0.2, 0) is 6.42 Å². The van der Waals surface area contributed by atoms with Crippen LogP contribution in [0.1, 0.15) is 17.5 Å². The van der Waals surface area contributed by atoms with Gasteiger partial charge in [-0.25, -0.2) is 0 Å². The number of thiocarbonyl (C=S) groups is 1. The van der Waals surface area contributed by atoms with Crippen molar-refractivity contribution in [1.29, 1.82) is 0 Å². The third kappa shape index (κ3) is 5.36. The summed E-state index contributed by atoms with van der Waals surface area (Å²) in [6.45, 7) is 2.95. The summed E-state index contributed by atoms with van der Waals surface area (Å²) in [7, 11) is 5.32. The number of benzene rings is 2. The average molecular weight is 359 g/mol. The lowest BCUT2D eigenvalue weighted by molar-refractivity contribution is 0.354. The fraction of sp³-hybridized carbons (Fsp3) is 0.350. The Bertz CT molecular complexity index is 719. The maximum Gasteiger partial charge on any atom is 0.173 e. The topological polar surface area (TPSA) is 33.7 Å². The molecule has 4 nitrogen and oxygen atoms in total. The van der Waals surface area contributed by atoms with Crippen LogP contribution >= 0.6 is 12.2 Å². The van der Waals surface area contributed by atoms with Crippen LogP contribution in [-0.4, -0.2) is 37.8 Å². The van der Waals surface area contributed by atoms with E-state index in [1.165, 1.54) is 11.1 Å². The van der Waals surface area contributed by atoms with E-state index in [1.807, 2.05) is 37.4 Å². The molecule has 0 atom stereocenters. The fourth-order valence-electron chi connectivity index (χ4n) is 2.58. The van der Waals surface area contributed by atoms with Gasteiger partial charge in [-0.3, -0.25) is 0 Å². The number of rotatable bonds is 7. The lowest BCUT2D eigenvalue weighted by atomic mass is 10.1. The van der Waals surface area contributed by atoms with E-state index in [0.29, 0.717) is 0 Å². The van der Waals surface area contributed by atoms with Gasteiger partial charge in [-0.1, -0.05) is 24.3 Å². The Kier molecular flexibility index (Phi) is 7.07. The Morgan fingerprint density at radius 3 is 2.48 bits per heavy atom. The normalized spacial score (nSPS) is 10.2. The van der Waals surface area contributed by atoms with E-state index in [9.17, 15) is 0 Å². The molecule has 25 heavy (non-hydrogen) atoms. The first-order valence-corrected chi connectivity index (χ1v) is 8.74. The van der Waals surface area contributed by atoms with Crippen molar-refractivity contribution in [2.45, 2.75) is 19.8 Å². The van der Waals surface area contributed by atoms with E-state index in [2.05, 4.69) is 29.3 Å². The maximum absolute atomic E-state index is 5.50. The minimum Gasteiger partial charge on any atom is -0.493 e. The number of nitrogens with zero attached hydrogens (tertiary/aromatic N) is 1. The van der Waals surface area contributed by atoms with Crippen LogP contribution in [0.2, 0.25) is 0 Å². The Hall–Kier alpha value is -2.27. The zero-order valence-corrected chi connectivity index (χ0v) is 16.2. The highest BCUT2D eigenvalue weighted by molar-refractivity contribution is 7.80. The molecular weight excluding hydrogens is 332 g/mol. The van der Waals surface area contributed by atoms with E-state index in [0.717, 1.165) is 41.7 Å². The molecule has 0 saturated heterocycles. The number of nitrogens with one attached hydrogen (secondary N) is 1. The van der Waals surface area contributed by atoms with Crippen LogP contribution in [0.3, 0.4) is 0 Å². The molecule has 0 saturated carbocycles. The molecule has 0 bridgehead atoms. The fourth-order valence-corrected chi connectivity index (χ4v) is 2.78. The van der Waals surface area contributed by atoms with E-state index >= 15 is 0 Å². The van der Waals surface area contributed by atoms with Crippen LogP contribution in [0.15, 0.2) is 42.5 Å². The van der Waals surface area contributed by atoms with Crippen LogP contribution in [0.5, 0.6) is 11.5 Å². The average Bonchev–Trinajstić information content (AvgIpc) is 2.63. The summed E-state index contributed by atoms with van der Waals surface area (Å²) in [5.74, 6) is 1.53. The second kappa shape index (κ2) is 9.28. The molecule has 2 aromatic rings. The van der Waals surface area contributed by atoms with Crippen molar-refractivity contribution in [1.82, 2.24) is 4.90 Å². The number of hydrogen-bond acceptors (Lipinski definition) is 3. The number of aryl methyl sites for hydroxylation is 2. The molecule has 5 heteroatoms. The first kappa shape index (κ1) is 19.1. The summed E-state index contributed by atoms with van der Waals surface area (Å²) < 4.78 is 10.6. The van der Waals surface area contributed by atoms with Crippen molar-refractivity contribution in [2.24, 2.45) is 0 Å². The molecule has 0 radical (unpaired) electrons. The monoisotopic (exact) mass is 358 g/mol. The Morgan fingerprint density at radius 1 is 1.08 bits per heavy atom. The lowest BCUT2D eigenvalue weighted by Gasteiger charge is -2.22. The van der Waals surface area contributed by atoms with Crippen molar-refractivity contribution in [2.75, 3.05) is 33.1 Å². The predicted octanol–water partition coefficient (Wildman–Crippen LogP) is 4.27. The van der Waals surface area contributed by atoms with Crippen molar-refractivity contribution < 1.29 is 9.47 Å². The zero-order chi connectivity index (χ0) is 18.2. The molecule has 2 rings (SSSR count). The Morgan fingerprint density at radius 2 is 1.80 bits per heavy atom. The summed E-state index contributed by atoms with van der Waals surface area (Å²) in [5, 5.41) is 4.05. The van der Waals surface area contributed by atoms with Crippen LogP contribution in [0, 0.1) is 6.92 Å². The number of anilines is 1. The van der Waals surface area contributed by atoms with E-state index in [4.69, 9.17) is 21.7 Å². The molecule has 0 heterocycles. The van der Waals surface area contributed by atoms with Gasteiger partial charge >= 0.3 is 0 Å². The third-order valence-electron chi connectivity index (χ3n) is 4.14. The second-order valence-electron chi connectivity index (χ2n) is 5.96. The summed E-state index contributed by atoms with van der Waals surface area (Å²) in [6.07, 6.45) is 1.96. The lowest BCUT2D eigenvalue weighted by Crippen LogP contribution is -2.32. The zero-order valence-electron chi connectivity index (χ0n) is 15.3. The van der Waals surface area contributed by atoms with E-state index in [1.54, 1.807) is 14.2 Å². The smallest absolute Gasteiger partial charge is 0.173 e. The van der Waals surface area contributed by atoms with Crippen LogP contribution in [0.4, 0.5) is 5.69 Å². The molecule has 0 amide bonds. The van der Waals surface area contributed by atoms with Crippen molar-refractivity contribution >= 4 is 23.0 Å². The molecule has 0 aliphatic rings. The first-order chi connectivity index (χ1) is 12.0. The van der Waals surface area contributed by atoms with Crippen molar-refractivity contribution in [3.63, 3.8) is 0 Å². The summed E-state index contributed by atoms with van der Waals surface area (Å²) >= 11 is 5.50. The van der Waals surface area contributed by atoms with Gasteiger partial charge in [0.1, 0.15) is 0 Å².